The Morgan fingerprint density at radius 2 is 0.462 bits per heavy atom. The summed E-state index contributed by atoms with van der Waals surface area (Å²) in [7, 11) is 13.8. The maximum atomic E-state index is 2.30. The Morgan fingerprint density at radius 1 is 0.308 bits per heavy atom. The van der Waals surface area contributed by atoms with Crippen molar-refractivity contribution in [3.8, 4) is 0 Å². The molecule has 0 fully saturated rings. The number of rotatable bonds is 17. The molecule has 0 unspecified atom stereocenters. The summed E-state index contributed by atoms with van der Waals surface area (Å²) < 4.78 is 2.24. The lowest BCUT2D eigenvalue weighted by atomic mass is 10.0. The molecule has 0 spiro atoms. The second kappa shape index (κ2) is 19.2. The van der Waals surface area contributed by atoms with Crippen LogP contribution in [-0.2, 0) is 0 Å². The molecule has 0 aliphatic carbocycles. The summed E-state index contributed by atoms with van der Waals surface area (Å²) in [6.07, 6.45) is 20.3. The number of nitrogens with zero attached hydrogens (tertiary/aromatic N) is 2. The zero-order chi connectivity index (χ0) is 18.3. The van der Waals surface area contributed by atoms with Crippen LogP contribution < -0.4 is 34.0 Å². The van der Waals surface area contributed by atoms with Crippen molar-refractivity contribution in [2.24, 2.45) is 0 Å². The molecule has 0 bridgehead atoms. The standard InChI is InChI=1S/C22H50N2.2BrH/c1-23(2,3)21-19-17-15-13-11-9-7-8-10-12-14-16-18-20-22-24(4,5)6;;/h7-22H2,1-6H3;2*1H/q+2;;/p-2. The summed E-state index contributed by atoms with van der Waals surface area (Å²) in [5, 5.41) is 0. The molecule has 2 nitrogen and oxygen atoms in total. The molecule has 0 radical (unpaired) electrons. The first-order valence-electron chi connectivity index (χ1n) is 10.8. The third-order valence-electron chi connectivity index (χ3n) is 4.91. The molecule has 0 saturated carbocycles. The Labute approximate surface area is 187 Å². The van der Waals surface area contributed by atoms with Crippen molar-refractivity contribution in [1.29, 1.82) is 0 Å². The molecule has 0 saturated heterocycles. The van der Waals surface area contributed by atoms with E-state index in [1.54, 1.807) is 0 Å². The van der Waals surface area contributed by atoms with E-state index >= 15 is 0 Å². The molecule has 4 heteroatoms. The Bertz CT molecular complexity index is 242. The van der Waals surface area contributed by atoms with E-state index in [4.69, 9.17) is 0 Å². The Kier molecular flexibility index (Phi) is 23.3. The average Bonchev–Trinajstić information content (AvgIpc) is 2.44. The molecule has 0 aromatic rings. The molecule has 0 aromatic heterocycles. The van der Waals surface area contributed by atoms with Gasteiger partial charge >= 0.3 is 0 Å². The number of hydrogen-bond donors (Lipinski definition) is 0. The number of hydrogen-bond acceptors (Lipinski definition) is 0. The van der Waals surface area contributed by atoms with Crippen molar-refractivity contribution in [3.63, 3.8) is 0 Å². The van der Waals surface area contributed by atoms with E-state index in [9.17, 15) is 0 Å². The summed E-state index contributed by atoms with van der Waals surface area (Å²) >= 11 is 0. The number of quaternary nitrogens is 2. The van der Waals surface area contributed by atoms with Gasteiger partial charge in [0.2, 0.25) is 0 Å². The molecule has 26 heavy (non-hydrogen) atoms. The minimum absolute atomic E-state index is 0. The van der Waals surface area contributed by atoms with Crippen molar-refractivity contribution < 1.29 is 42.9 Å². The smallest absolute Gasteiger partial charge is 0.0780 e. The lowest BCUT2D eigenvalue weighted by Gasteiger charge is -2.23. The van der Waals surface area contributed by atoms with Crippen molar-refractivity contribution in [1.82, 2.24) is 0 Å². The van der Waals surface area contributed by atoms with Crippen molar-refractivity contribution >= 4 is 0 Å². The van der Waals surface area contributed by atoms with E-state index in [0.717, 1.165) is 8.97 Å². The van der Waals surface area contributed by atoms with Crippen LogP contribution in [0.15, 0.2) is 0 Å². The van der Waals surface area contributed by atoms with Crippen LogP contribution in [0.3, 0.4) is 0 Å². The normalized spacial score (nSPS) is 11.8. The molecule has 0 aromatic carbocycles. The summed E-state index contributed by atoms with van der Waals surface area (Å²) in [5.74, 6) is 0. The summed E-state index contributed by atoms with van der Waals surface area (Å²) in [6, 6.07) is 0. The van der Waals surface area contributed by atoms with E-state index < -0.39 is 0 Å². The zero-order valence-corrected chi connectivity index (χ0v) is 22.1. The minimum atomic E-state index is 0. The molecule has 0 amide bonds. The van der Waals surface area contributed by atoms with Gasteiger partial charge in [0.25, 0.3) is 0 Å². The SMILES string of the molecule is C[N+](C)(C)CCCCCCCCCCCCCCCC[N+](C)(C)C.[Br-].[Br-]. The van der Waals surface area contributed by atoms with Gasteiger partial charge in [0.15, 0.2) is 0 Å². The van der Waals surface area contributed by atoms with Crippen molar-refractivity contribution in [2.45, 2.75) is 89.9 Å². The number of unbranched alkanes of at least 4 members (excludes halogenated alkanes) is 13. The molecule has 0 aliphatic rings. The highest BCUT2D eigenvalue weighted by atomic mass is 79.9. The molecule has 0 rings (SSSR count). The van der Waals surface area contributed by atoms with Crippen LogP contribution in [0, 0.1) is 0 Å². The predicted molar refractivity (Wildman–Crippen MR) is 110 cm³/mol. The van der Waals surface area contributed by atoms with Gasteiger partial charge in [-0.25, -0.2) is 0 Å². The van der Waals surface area contributed by atoms with Crippen LogP contribution in [0.25, 0.3) is 0 Å². The van der Waals surface area contributed by atoms with Crippen LogP contribution in [-0.4, -0.2) is 64.3 Å². The fourth-order valence-corrected chi connectivity index (χ4v) is 3.29. The fraction of sp³-hybridized carbons (Fsp3) is 1.00. The van der Waals surface area contributed by atoms with Crippen LogP contribution in [0.4, 0.5) is 0 Å². The summed E-state index contributed by atoms with van der Waals surface area (Å²) in [4.78, 5) is 0. The summed E-state index contributed by atoms with van der Waals surface area (Å²) in [5.41, 5.74) is 0. The lowest BCUT2D eigenvalue weighted by molar-refractivity contribution is -0.870. The van der Waals surface area contributed by atoms with Crippen molar-refractivity contribution in [3.05, 3.63) is 0 Å². The lowest BCUT2D eigenvalue weighted by Crippen LogP contribution is -3.00. The maximum absolute atomic E-state index is 2.30. The highest BCUT2D eigenvalue weighted by Gasteiger charge is 2.05. The van der Waals surface area contributed by atoms with Gasteiger partial charge in [-0.15, -0.1) is 0 Å². The first kappa shape index (κ1) is 31.6. The van der Waals surface area contributed by atoms with Gasteiger partial charge in [-0.3, -0.25) is 0 Å². The Balaban J connectivity index is -0.00000264. The first-order valence-corrected chi connectivity index (χ1v) is 10.8. The van der Waals surface area contributed by atoms with Crippen LogP contribution in [0.5, 0.6) is 0 Å². The highest BCUT2D eigenvalue weighted by Crippen LogP contribution is 2.13. The minimum Gasteiger partial charge on any atom is -1.00 e. The quantitative estimate of drug-likeness (QED) is 0.192. The van der Waals surface area contributed by atoms with Crippen LogP contribution in [0.2, 0.25) is 0 Å². The highest BCUT2D eigenvalue weighted by molar-refractivity contribution is 4.49. The van der Waals surface area contributed by atoms with Crippen LogP contribution >= 0.6 is 0 Å². The third kappa shape index (κ3) is 29.6. The van der Waals surface area contributed by atoms with Gasteiger partial charge in [0.05, 0.1) is 55.4 Å². The Morgan fingerprint density at radius 3 is 0.615 bits per heavy atom. The third-order valence-corrected chi connectivity index (χ3v) is 4.91. The van der Waals surface area contributed by atoms with E-state index in [1.807, 2.05) is 0 Å². The average molecular weight is 502 g/mol. The Hall–Kier alpha value is 0.880. The monoisotopic (exact) mass is 500 g/mol. The van der Waals surface area contributed by atoms with E-state index in [0.29, 0.717) is 0 Å². The van der Waals surface area contributed by atoms with Gasteiger partial charge in [-0.1, -0.05) is 64.2 Å². The second-order valence-corrected chi connectivity index (χ2v) is 9.98. The first-order chi connectivity index (χ1) is 11.2. The predicted octanol–water partition coefficient (Wildman–Crippen LogP) is -0.132. The molecule has 162 valence electrons. The second-order valence-electron chi connectivity index (χ2n) is 9.98. The van der Waals surface area contributed by atoms with E-state index in [1.165, 1.54) is 103 Å². The zero-order valence-electron chi connectivity index (χ0n) is 19.0. The van der Waals surface area contributed by atoms with Crippen LogP contribution in [0.1, 0.15) is 89.9 Å². The fourth-order valence-electron chi connectivity index (χ4n) is 3.29. The molecule has 0 atom stereocenters. The van der Waals surface area contributed by atoms with E-state index in [2.05, 4.69) is 42.3 Å². The van der Waals surface area contributed by atoms with Gasteiger partial charge in [-0.05, 0) is 25.7 Å². The molecule has 0 aliphatic heterocycles. The topological polar surface area (TPSA) is 0 Å². The molecule has 0 N–H and O–H groups in total. The maximum Gasteiger partial charge on any atom is 0.0780 e. The van der Waals surface area contributed by atoms with Gasteiger partial charge < -0.3 is 42.9 Å². The van der Waals surface area contributed by atoms with Gasteiger partial charge in [0.1, 0.15) is 0 Å². The van der Waals surface area contributed by atoms with E-state index in [-0.39, 0.29) is 34.0 Å². The molecule has 0 heterocycles. The van der Waals surface area contributed by atoms with Gasteiger partial charge in [0, 0.05) is 0 Å². The number of halogens is 2. The molecular formula is C22H50Br2N2. The summed E-state index contributed by atoms with van der Waals surface area (Å²) in [6.45, 7) is 2.66. The van der Waals surface area contributed by atoms with Crippen molar-refractivity contribution in [2.75, 3.05) is 55.4 Å². The largest absolute Gasteiger partial charge is 1.00 e. The molecular weight excluding hydrogens is 452 g/mol. The van der Waals surface area contributed by atoms with Gasteiger partial charge in [-0.2, -0.15) is 0 Å².